The number of pyridine rings is 1. The molecule has 0 aromatic carbocycles. The van der Waals surface area contributed by atoms with E-state index in [0.717, 1.165) is 5.56 Å². The van der Waals surface area contributed by atoms with Crippen molar-refractivity contribution in [1.29, 1.82) is 0 Å². The van der Waals surface area contributed by atoms with Crippen molar-refractivity contribution in [3.8, 4) is 11.5 Å². The Morgan fingerprint density at radius 2 is 2.13 bits per heavy atom. The van der Waals surface area contributed by atoms with Crippen LogP contribution in [-0.2, 0) is 23.6 Å². The lowest BCUT2D eigenvalue weighted by molar-refractivity contribution is 0.573. The number of nitrogens with zero attached hydrogens (tertiary/aromatic N) is 3. The summed E-state index contributed by atoms with van der Waals surface area (Å²) in [6, 6.07) is 7.09. The zero-order valence-corrected chi connectivity index (χ0v) is 13.5. The molecule has 0 unspecified atom stereocenters. The maximum Gasteiger partial charge on any atom is 0.259 e. The standard InChI is InChI=1S/C15H16N4O3S/c1-11-18-14(10-19(11)2)23(20,21)17-9-12-5-3-7-16-15(12)13-6-4-8-22-13/h3-8,10,17H,9H2,1-2H3. The molecule has 3 rings (SSSR count). The van der Waals surface area contributed by atoms with Gasteiger partial charge in [0.1, 0.15) is 11.5 Å². The van der Waals surface area contributed by atoms with Crippen LogP contribution in [0.4, 0.5) is 0 Å². The Labute approximate surface area is 134 Å². The van der Waals surface area contributed by atoms with Gasteiger partial charge in [-0.3, -0.25) is 4.98 Å². The molecule has 0 fully saturated rings. The second kappa shape index (κ2) is 5.98. The smallest absolute Gasteiger partial charge is 0.259 e. The Bertz CT molecular complexity index is 895. The van der Waals surface area contributed by atoms with E-state index in [-0.39, 0.29) is 11.6 Å². The van der Waals surface area contributed by atoms with Gasteiger partial charge in [-0.15, -0.1) is 0 Å². The highest BCUT2D eigenvalue weighted by molar-refractivity contribution is 7.89. The Morgan fingerprint density at radius 1 is 1.30 bits per heavy atom. The van der Waals surface area contributed by atoms with E-state index in [1.54, 1.807) is 55.3 Å². The molecule has 0 spiro atoms. The van der Waals surface area contributed by atoms with Crippen LogP contribution in [0, 0.1) is 6.92 Å². The second-order valence-corrected chi connectivity index (χ2v) is 6.76. The first kappa shape index (κ1) is 15.4. The Kier molecular flexibility index (Phi) is 4.01. The molecule has 0 amide bonds. The van der Waals surface area contributed by atoms with Gasteiger partial charge in [0, 0.05) is 26.0 Å². The number of aryl methyl sites for hydroxylation is 2. The van der Waals surface area contributed by atoms with Crippen molar-refractivity contribution >= 4 is 10.0 Å². The lowest BCUT2D eigenvalue weighted by Crippen LogP contribution is -2.24. The summed E-state index contributed by atoms with van der Waals surface area (Å²) in [4.78, 5) is 8.31. The van der Waals surface area contributed by atoms with Gasteiger partial charge in [-0.2, -0.15) is 0 Å². The molecule has 0 aliphatic rings. The van der Waals surface area contributed by atoms with Crippen LogP contribution in [0.2, 0.25) is 0 Å². The third kappa shape index (κ3) is 3.17. The molecule has 120 valence electrons. The molecule has 0 aliphatic heterocycles. The molecule has 0 aliphatic carbocycles. The van der Waals surface area contributed by atoms with E-state index in [2.05, 4.69) is 14.7 Å². The third-order valence-corrected chi connectivity index (χ3v) is 4.73. The normalized spacial score (nSPS) is 11.7. The average molecular weight is 332 g/mol. The Hall–Kier alpha value is -2.45. The minimum atomic E-state index is -3.69. The molecule has 0 bridgehead atoms. The van der Waals surface area contributed by atoms with E-state index in [1.807, 2.05) is 0 Å². The largest absolute Gasteiger partial charge is 0.463 e. The topological polar surface area (TPSA) is 90.0 Å². The highest BCUT2D eigenvalue weighted by atomic mass is 32.2. The number of imidazole rings is 1. The van der Waals surface area contributed by atoms with Crippen LogP contribution in [-0.4, -0.2) is 23.0 Å². The number of aromatic nitrogens is 3. The molecule has 23 heavy (non-hydrogen) atoms. The van der Waals surface area contributed by atoms with Crippen LogP contribution in [0.3, 0.4) is 0 Å². The Morgan fingerprint density at radius 3 is 2.78 bits per heavy atom. The summed E-state index contributed by atoms with van der Waals surface area (Å²) in [5, 5.41) is 0.000869. The molecule has 3 aromatic rings. The molecule has 3 aromatic heterocycles. The van der Waals surface area contributed by atoms with Crippen LogP contribution in [0.15, 0.2) is 52.4 Å². The number of hydrogen-bond donors (Lipinski definition) is 1. The van der Waals surface area contributed by atoms with E-state index in [0.29, 0.717) is 17.3 Å². The summed E-state index contributed by atoms with van der Waals surface area (Å²) in [5.74, 6) is 1.22. The Balaban J connectivity index is 1.84. The molecule has 0 radical (unpaired) electrons. The van der Waals surface area contributed by atoms with Gasteiger partial charge in [-0.25, -0.2) is 18.1 Å². The minimum absolute atomic E-state index is 0.000869. The van der Waals surface area contributed by atoms with Crippen molar-refractivity contribution in [2.75, 3.05) is 0 Å². The molecular formula is C15H16N4O3S. The van der Waals surface area contributed by atoms with Gasteiger partial charge in [0.05, 0.1) is 6.26 Å². The summed E-state index contributed by atoms with van der Waals surface area (Å²) in [5.41, 5.74) is 1.33. The fraction of sp³-hybridized carbons (Fsp3) is 0.200. The van der Waals surface area contributed by atoms with E-state index in [4.69, 9.17) is 4.42 Å². The van der Waals surface area contributed by atoms with E-state index in [1.165, 1.54) is 6.20 Å². The summed E-state index contributed by atoms with van der Waals surface area (Å²) in [6.45, 7) is 1.84. The molecular weight excluding hydrogens is 316 g/mol. The lowest BCUT2D eigenvalue weighted by atomic mass is 10.1. The number of nitrogens with one attached hydrogen (secondary N) is 1. The summed E-state index contributed by atoms with van der Waals surface area (Å²) >= 11 is 0. The number of furan rings is 1. The van der Waals surface area contributed by atoms with E-state index in [9.17, 15) is 8.42 Å². The van der Waals surface area contributed by atoms with Crippen molar-refractivity contribution in [1.82, 2.24) is 19.3 Å². The molecule has 3 heterocycles. The number of hydrogen-bond acceptors (Lipinski definition) is 5. The zero-order valence-electron chi connectivity index (χ0n) is 12.7. The predicted octanol–water partition coefficient (Wildman–Crippen LogP) is 1.86. The monoisotopic (exact) mass is 332 g/mol. The molecule has 0 atom stereocenters. The minimum Gasteiger partial charge on any atom is -0.463 e. The summed E-state index contributed by atoms with van der Waals surface area (Å²) in [6.07, 6.45) is 4.67. The van der Waals surface area contributed by atoms with Gasteiger partial charge in [0.2, 0.25) is 0 Å². The van der Waals surface area contributed by atoms with Gasteiger partial charge >= 0.3 is 0 Å². The van der Waals surface area contributed by atoms with Gasteiger partial charge in [-0.1, -0.05) is 6.07 Å². The average Bonchev–Trinajstić information content (AvgIpc) is 3.17. The van der Waals surface area contributed by atoms with Gasteiger partial charge < -0.3 is 8.98 Å². The quantitative estimate of drug-likeness (QED) is 0.770. The van der Waals surface area contributed by atoms with Crippen molar-refractivity contribution in [2.24, 2.45) is 7.05 Å². The maximum absolute atomic E-state index is 12.3. The summed E-state index contributed by atoms with van der Waals surface area (Å²) < 4.78 is 34.2. The van der Waals surface area contributed by atoms with Crippen molar-refractivity contribution in [2.45, 2.75) is 18.5 Å². The predicted molar refractivity (Wildman–Crippen MR) is 83.9 cm³/mol. The first-order valence-electron chi connectivity index (χ1n) is 6.95. The zero-order chi connectivity index (χ0) is 16.4. The SMILES string of the molecule is Cc1nc(S(=O)(=O)NCc2cccnc2-c2ccco2)cn1C. The van der Waals surface area contributed by atoms with Gasteiger partial charge in [-0.05, 0) is 30.7 Å². The number of rotatable bonds is 5. The van der Waals surface area contributed by atoms with Crippen LogP contribution >= 0.6 is 0 Å². The second-order valence-electron chi connectivity index (χ2n) is 5.05. The van der Waals surface area contributed by atoms with Crippen LogP contribution in [0.25, 0.3) is 11.5 Å². The molecule has 1 N–H and O–H groups in total. The van der Waals surface area contributed by atoms with E-state index < -0.39 is 10.0 Å². The number of sulfonamides is 1. The fourth-order valence-corrected chi connectivity index (χ4v) is 3.16. The first-order chi connectivity index (χ1) is 11.0. The van der Waals surface area contributed by atoms with Crippen LogP contribution in [0.5, 0.6) is 0 Å². The van der Waals surface area contributed by atoms with Crippen molar-refractivity contribution in [3.05, 3.63) is 54.3 Å². The highest BCUT2D eigenvalue weighted by Gasteiger charge is 2.19. The molecule has 0 saturated carbocycles. The van der Waals surface area contributed by atoms with Gasteiger partial charge in [0.15, 0.2) is 10.8 Å². The lowest BCUT2D eigenvalue weighted by Gasteiger charge is -2.07. The molecule has 7 nitrogen and oxygen atoms in total. The highest BCUT2D eigenvalue weighted by Crippen LogP contribution is 2.21. The summed E-state index contributed by atoms with van der Waals surface area (Å²) in [7, 11) is -1.94. The molecule has 0 saturated heterocycles. The van der Waals surface area contributed by atoms with Crippen molar-refractivity contribution < 1.29 is 12.8 Å². The van der Waals surface area contributed by atoms with Crippen molar-refractivity contribution in [3.63, 3.8) is 0 Å². The van der Waals surface area contributed by atoms with Gasteiger partial charge in [0.25, 0.3) is 10.0 Å². The first-order valence-corrected chi connectivity index (χ1v) is 8.43. The molecule has 8 heteroatoms. The van der Waals surface area contributed by atoms with Crippen LogP contribution < -0.4 is 4.72 Å². The fourth-order valence-electron chi connectivity index (χ4n) is 2.12. The third-order valence-electron chi connectivity index (χ3n) is 3.46. The maximum atomic E-state index is 12.3. The van der Waals surface area contributed by atoms with E-state index >= 15 is 0 Å². The van der Waals surface area contributed by atoms with Crippen LogP contribution in [0.1, 0.15) is 11.4 Å².